The molecule has 0 unspecified atom stereocenters. The molecule has 14 nitrogen and oxygen atoms in total. The third-order valence-electron chi connectivity index (χ3n) is 6.08. The number of sulfone groups is 1. The van der Waals surface area contributed by atoms with Gasteiger partial charge in [0.1, 0.15) is 21.3 Å². The molecule has 1 heterocycles. The predicted octanol–water partition coefficient (Wildman–Crippen LogP) is 0.777. The van der Waals surface area contributed by atoms with E-state index in [9.17, 15) is 34.8 Å². The standard InChI is InChI=1S/C24H32N4O10S3/c1-16(29)26-18-5-7-21(37-3)23(13-18)40(33,34)25-10-11-28(20-9-12-39(31,32)15-20)41(35,36)24-14-19(27-17(2)30)6-8-22(24)38-4/h5-8,13-14,20,25H,9-12,15H2,1-4H3,(H,26,29)(H,27,30)/t20-/m0/s1. The third-order valence-corrected chi connectivity index (χ3v) is 11.3. The van der Waals surface area contributed by atoms with Gasteiger partial charge in [-0.15, -0.1) is 0 Å². The molecule has 2 aromatic rings. The minimum absolute atomic E-state index is 0.00853. The summed E-state index contributed by atoms with van der Waals surface area (Å²) in [5.41, 5.74) is 0.368. The maximum absolute atomic E-state index is 13.9. The van der Waals surface area contributed by atoms with E-state index in [2.05, 4.69) is 15.4 Å². The number of rotatable bonds is 12. The molecular weight excluding hydrogens is 600 g/mol. The Bertz CT molecular complexity index is 1640. The highest BCUT2D eigenvalue weighted by Gasteiger charge is 2.40. The number of nitrogens with one attached hydrogen (secondary N) is 3. The first-order valence-electron chi connectivity index (χ1n) is 12.2. The van der Waals surface area contributed by atoms with Crippen LogP contribution in [0.15, 0.2) is 46.2 Å². The Morgan fingerprint density at radius 1 is 0.902 bits per heavy atom. The number of carbonyl (C=O) groups excluding carboxylic acids is 2. The number of nitrogens with zero attached hydrogens (tertiary/aromatic N) is 1. The number of anilines is 2. The largest absolute Gasteiger partial charge is 0.495 e. The highest BCUT2D eigenvalue weighted by molar-refractivity contribution is 7.92. The first-order valence-corrected chi connectivity index (χ1v) is 17.0. The van der Waals surface area contributed by atoms with Crippen molar-refractivity contribution in [2.45, 2.75) is 36.1 Å². The second-order valence-electron chi connectivity index (χ2n) is 9.16. The molecule has 0 radical (unpaired) electrons. The van der Waals surface area contributed by atoms with Crippen molar-refractivity contribution < 1.29 is 44.3 Å². The van der Waals surface area contributed by atoms with E-state index in [1.54, 1.807) is 0 Å². The fraction of sp³-hybridized carbons (Fsp3) is 0.417. The summed E-state index contributed by atoms with van der Waals surface area (Å²) in [4.78, 5) is 22.4. The molecule has 0 aromatic heterocycles. The molecule has 0 bridgehead atoms. The number of hydrogen-bond acceptors (Lipinski definition) is 10. The fourth-order valence-corrected chi connectivity index (χ4v) is 9.20. The third kappa shape index (κ3) is 7.94. The van der Waals surface area contributed by atoms with Crippen molar-refractivity contribution in [3.63, 3.8) is 0 Å². The Morgan fingerprint density at radius 3 is 1.88 bits per heavy atom. The molecule has 3 N–H and O–H groups in total. The second-order valence-corrected chi connectivity index (χ2v) is 15.0. The lowest BCUT2D eigenvalue weighted by Crippen LogP contribution is -2.45. The van der Waals surface area contributed by atoms with Gasteiger partial charge >= 0.3 is 0 Å². The van der Waals surface area contributed by atoms with Crippen molar-refractivity contribution in [3.8, 4) is 11.5 Å². The molecule has 0 aliphatic carbocycles. The number of carbonyl (C=O) groups is 2. The van der Waals surface area contributed by atoms with E-state index in [4.69, 9.17) is 9.47 Å². The van der Waals surface area contributed by atoms with Crippen molar-refractivity contribution in [1.29, 1.82) is 0 Å². The molecule has 2 amide bonds. The topological polar surface area (TPSA) is 194 Å². The molecular formula is C24H32N4O10S3. The lowest BCUT2D eigenvalue weighted by molar-refractivity contribution is -0.115. The number of sulfonamides is 2. The van der Waals surface area contributed by atoms with E-state index in [0.717, 1.165) is 4.31 Å². The van der Waals surface area contributed by atoms with Crippen LogP contribution in [0.3, 0.4) is 0 Å². The number of amides is 2. The summed E-state index contributed by atoms with van der Waals surface area (Å²) < 4.78 is 92.4. The summed E-state index contributed by atoms with van der Waals surface area (Å²) in [5.74, 6) is -1.60. The Labute approximate surface area is 239 Å². The molecule has 1 atom stereocenters. The molecule has 226 valence electrons. The van der Waals surface area contributed by atoms with Gasteiger partial charge in [0.2, 0.25) is 31.9 Å². The van der Waals surface area contributed by atoms with Crippen molar-refractivity contribution in [2.75, 3.05) is 49.4 Å². The van der Waals surface area contributed by atoms with E-state index in [0.29, 0.717) is 0 Å². The minimum Gasteiger partial charge on any atom is -0.495 e. The van der Waals surface area contributed by atoms with Crippen LogP contribution >= 0.6 is 0 Å². The molecule has 3 rings (SSSR count). The molecule has 2 aromatic carbocycles. The molecule has 41 heavy (non-hydrogen) atoms. The van der Waals surface area contributed by atoms with E-state index in [-0.39, 0.29) is 44.8 Å². The first kappa shape index (κ1) is 32.3. The summed E-state index contributed by atoms with van der Waals surface area (Å²) in [6, 6.07) is 7.01. The van der Waals surface area contributed by atoms with E-state index >= 15 is 0 Å². The van der Waals surface area contributed by atoms with Crippen molar-refractivity contribution in [2.24, 2.45) is 0 Å². The van der Waals surface area contributed by atoms with E-state index < -0.39 is 66.6 Å². The van der Waals surface area contributed by atoms with Crippen LogP contribution in [0.2, 0.25) is 0 Å². The number of methoxy groups -OCH3 is 2. The van der Waals surface area contributed by atoms with Gasteiger partial charge in [-0.2, -0.15) is 4.31 Å². The molecule has 1 saturated heterocycles. The lowest BCUT2D eigenvalue weighted by atomic mass is 10.2. The Morgan fingerprint density at radius 2 is 1.41 bits per heavy atom. The van der Waals surface area contributed by atoms with Gasteiger partial charge in [0, 0.05) is 44.4 Å². The monoisotopic (exact) mass is 632 g/mol. The SMILES string of the molecule is COc1ccc(NC(C)=O)cc1S(=O)(=O)NCCN([C@H]1CCS(=O)(=O)C1)S(=O)(=O)c1cc(NC(C)=O)ccc1OC. The summed E-state index contributed by atoms with van der Waals surface area (Å²) in [6.07, 6.45) is 0.00853. The summed E-state index contributed by atoms with van der Waals surface area (Å²) in [7, 11) is -9.75. The maximum Gasteiger partial charge on any atom is 0.247 e. The number of benzene rings is 2. The quantitative estimate of drug-likeness (QED) is 0.301. The van der Waals surface area contributed by atoms with Crippen molar-refractivity contribution in [3.05, 3.63) is 36.4 Å². The average Bonchev–Trinajstić information content (AvgIpc) is 3.24. The molecule has 17 heteroatoms. The van der Waals surface area contributed by atoms with Gasteiger partial charge in [0.15, 0.2) is 9.84 Å². The highest BCUT2D eigenvalue weighted by Crippen LogP contribution is 2.33. The van der Waals surface area contributed by atoms with Gasteiger partial charge in [0.25, 0.3) is 0 Å². The normalized spacial score (nSPS) is 16.8. The van der Waals surface area contributed by atoms with Crippen LogP contribution in [0, 0.1) is 0 Å². The maximum atomic E-state index is 13.9. The molecule has 0 saturated carbocycles. The number of hydrogen-bond donors (Lipinski definition) is 3. The van der Waals surface area contributed by atoms with Crippen LogP contribution < -0.4 is 24.8 Å². The Hall–Kier alpha value is -3.25. The first-order chi connectivity index (χ1) is 19.1. The smallest absolute Gasteiger partial charge is 0.247 e. The Balaban J connectivity index is 1.96. The molecule has 1 fully saturated rings. The average molecular weight is 633 g/mol. The van der Waals surface area contributed by atoms with Crippen LogP contribution in [-0.4, -0.2) is 86.2 Å². The van der Waals surface area contributed by atoms with Gasteiger partial charge in [-0.05, 0) is 42.8 Å². The van der Waals surface area contributed by atoms with Gasteiger partial charge in [0.05, 0.1) is 25.7 Å². The zero-order chi connectivity index (χ0) is 30.6. The Kier molecular flexibility index (Phi) is 10.0. The van der Waals surface area contributed by atoms with Crippen LogP contribution in [0.4, 0.5) is 11.4 Å². The number of ether oxygens (including phenoxy) is 2. The van der Waals surface area contributed by atoms with E-state index in [1.165, 1.54) is 64.5 Å². The van der Waals surface area contributed by atoms with Crippen LogP contribution in [0.5, 0.6) is 11.5 Å². The molecule has 1 aliphatic heterocycles. The molecule has 1 aliphatic rings. The van der Waals surface area contributed by atoms with Gasteiger partial charge in [-0.25, -0.2) is 30.0 Å². The zero-order valence-corrected chi connectivity index (χ0v) is 25.3. The summed E-state index contributed by atoms with van der Waals surface area (Å²) >= 11 is 0. The van der Waals surface area contributed by atoms with Crippen LogP contribution in [0.1, 0.15) is 20.3 Å². The predicted molar refractivity (Wildman–Crippen MR) is 151 cm³/mol. The minimum atomic E-state index is -4.47. The zero-order valence-electron chi connectivity index (χ0n) is 22.8. The van der Waals surface area contributed by atoms with Crippen LogP contribution in [-0.2, 0) is 39.5 Å². The summed E-state index contributed by atoms with van der Waals surface area (Å²) in [6.45, 7) is 1.65. The molecule has 0 spiro atoms. The van der Waals surface area contributed by atoms with E-state index in [1.807, 2.05) is 0 Å². The summed E-state index contributed by atoms with van der Waals surface area (Å²) in [5, 5.41) is 4.98. The second kappa shape index (κ2) is 12.7. The van der Waals surface area contributed by atoms with Gasteiger partial charge in [-0.3, -0.25) is 9.59 Å². The van der Waals surface area contributed by atoms with Crippen molar-refractivity contribution >= 4 is 53.1 Å². The fourth-order valence-electron chi connectivity index (χ4n) is 4.32. The highest BCUT2D eigenvalue weighted by atomic mass is 32.2. The van der Waals surface area contributed by atoms with Crippen molar-refractivity contribution in [1.82, 2.24) is 9.03 Å². The lowest BCUT2D eigenvalue weighted by Gasteiger charge is -2.28. The van der Waals surface area contributed by atoms with Crippen LogP contribution in [0.25, 0.3) is 0 Å². The van der Waals surface area contributed by atoms with Gasteiger partial charge in [-0.1, -0.05) is 0 Å². The van der Waals surface area contributed by atoms with Gasteiger partial charge < -0.3 is 20.1 Å².